The molecule has 0 spiro atoms. The van der Waals surface area contributed by atoms with Gasteiger partial charge in [-0.2, -0.15) is 9.71 Å². The van der Waals surface area contributed by atoms with Crippen LogP contribution in [0.2, 0.25) is 0 Å². The summed E-state index contributed by atoms with van der Waals surface area (Å²) in [6, 6.07) is 3.86. The van der Waals surface area contributed by atoms with Crippen LogP contribution in [0.15, 0.2) is 32.1 Å². The highest BCUT2D eigenvalue weighted by molar-refractivity contribution is 9.10. The fraction of sp³-hybridized carbons (Fsp3) is 0.333. The Bertz CT molecular complexity index is 745. The summed E-state index contributed by atoms with van der Waals surface area (Å²) in [7, 11) is -2.20. The molecule has 0 saturated heterocycles. The van der Waals surface area contributed by atoms with Crippen molar-refractivity contribution >= 4 is 26.0 Å². The topological polar surface area (TPSA) is 94.3 Å². The minimum Gasteiger partial charge on any atom is -0.496 e. The number of nitrogens with one attached hydrogen (secondary N) is 1. The van der Waals surface area contributed by atoms with Gasteiger partial charge in [0.05, 0.1) is 22.5 Å². The van der Waals surface area contributed by atoms with Crippen LogP contribution < -0.4 is 9.46 Å². The molecule has 0 fully saturated rings. The molecule has 21 heavy (non-hydrogen) atoms. The first-order chi connectivity index (χ1) is 9.83. The van der Waals surface area contributed by atoms with Gasteiger partial charge in [0, 0.05) is 0 Å². The van der Waals surface area contributed by atoms with Gasteiger partial charge in [-0.1, -0.05) is 5.16 Å². The van der Waals surface area contributed by atoms with Crippen molar-refractivity contribution in [3.8, 4) is 5.75 Å². The number of halogens is 1. The van der Waals surface area contributed by atoms with Gasteiger partial charge in [-0.25, -0.2) is 8.42 Å². The van der Waals surface area contributed by atoms with Crippen molar-refractivity contribution in [3.05, 3.63) is 34.4 Å². The monoisotopic (exact) mass is 375 g/mol. The fourth-order valence-electron chi connectivity index (χ4n) is 1.65. The first kappa shape index (κ1) is 15.9. The zero-order chi connectivity index (χ0) is 15.6. The van der Waals surface area contributed by atoms with Gasteiger partial charge in [0.1, 0.15) is 5.75 Å². The number of hydrogen-bond donors (Lipinski definition) is 1. The Kier molecular flexibility index (Phi) is 4.64. The molecule has 2 aromatic rings. The van der Waals surface area contributed by atoms with Crippen molar-refractivity contribution in [3.63, 3.8) is 0 Å². The lowest BCUT2D eigenvalue weighted by molar-refractivity contribution is 0.351. The summed E-state index contributed by atoms with van der Waals surface area (Å²) in [6.45, 7) is 3.29. The minimum atomic E-state index is -3.71. The Morgan fingerprint density at radius 3 is 2.67 bits per heavy atom. The minimum absolute atomic E-state index is 0.110. The van der Waals surface area contributed by atoms with E-state index in [1.54, 1.807) is 19.9 Å². The molecular weight excluding hydrogens is 362 g/mol. The molecule has 0 saturated carbocycles. The van der Waals surface area contributed by atoms with Crippen molar-refractivity contribution in [2.45, 2.75) is 24.8 Å². The average Bonchev–Trinajstić information content (AvgIpc) is 2.85. The molecule has 114 valence electrons. The third-order valence-corrected chi connectivity index (χ3v) is 4.84. The van der Waals surface area contributed by atoms with Gasteiger partial charge in [0.2, 0.25) is 15.9 Å². The number of rotatable bonds is 5. The van der Waals surface area contributed by atoms with Crippen LogP contribution in [0.25, 0.3) is 0 Å². The molecule has 0 unspecified atom stereocenters. The Hall–Kier alpha value is -1.45. The van der Waals surface area contributed by atoms with E-state index >= 15 is 0 Å². The molecule has 0 aliphatic heterocycles. The Morgan fingerprint density at radius 1 is 1.43 bits per heavy atom. The van der Waals surface area contributed by atoms with Gasteiger partial charge < -0.3 is 9.26 Å². The van der Waals surface area contributed by atoms with Crippen LogP contribution in [-0.4, -0.2) is 25.7 Å². The van der Waals surface area contributed by atoms with Gasteiger partial charge in [-0.15, -0.1) is 0 Å². The van der Waals surface area contributed by atoms with Crippen LogP contribution in [0.4, 0.5) is 0 Å². The van der Waals surface area contributed by atoms with Gasteiger partial charge >= 0.3 is 0 Å². The van der Waals surface area contributed by atoms with Crippen LogP contribution in [0.3, 0.4) is 0 Å². The lowest BCUT2D eigenvalue weighted by Crippen LogP contribution is -2.27. The summed E-state index contributed by atoms with van der Waals surface area (Å²) in [5.74, 6) is 1.21. The highest BCUT2D eigenvalue weighted by atomic mass is 79.9. The van der Waals surface area contributed by atoms with Gasteiger partial charge in [0.25, 0.3) is 0 Å². The quantitative estimate of drug-likeness (QED) is 0.860. The standard InChI is InChI=1S/C12H14BrN3O4S/c1-7(12-14-8(2)15-20-12)16-21(17,18)9-4-5-11(19-3)10(13)6-9/h4-7,16H,1-3H3/t7-/m1/s1. The van der Waals surface area contributed by atoms with Crippen molar-refractivity contribution in [1.82, 2.24) is 14.9 Å². The van der Waals surface area contributed by atoms with Crippen molar-refractivity contribution in [2.24, 2.45) is 0 Å². The highest BCUT2D eigenvalue weighted by Gasteiger charge is 2.22. The molecule has 0 aliphatic rings. The zero-order valence-electron chi connectivity index (χ0n) is 11.6. The summed E-state index contributed by atoms with van der Waals surface area (Å²) in [6.07, 6.45) is 0. The summed E-state index contributed by atoms with van der Waals surface area (Å²) in [5.41, 5.74) is 0. The maximum Gasteiger partial charge on any atom is 0.244 e. The molecule has 0 amide bonds. The van der Waals surface area contributed by atoms with Gasteiger partial charge in [-0.05, 0) is 48.0 Å². The van der Waals surface area contributed by atoms with Crippen molar-refractivity contribution < 1.29 is 17.7 Å². The average molecular weight is 376 g/mol. The first-order valence-electron chi connectivity index (χ1n) is 5.99. The lowest BCUT2D eigenvalue weighted by Gasteiger charge is -2.11. The second kappa shape index (κ2) is 6.12. The maximum absolute atomic E-state index is 12.3. The van der Waals surface area contributed by atoms with E-state index < -0.39 is 16.1 Å². The molecule has 9 heteroatoms. The van der Waals surface area contributed by atoms with Crippen LogP contribution in [0, 0.1) is 6.92 Å². The van der Waals surface area contributed by atoms with E-state index in [4.69, 9.17) is 9.26 Å². The molecule has 1 aromatic carbocycles. The second-order valence-corrected chi connectivity index (χ2v) is 6.89. The number of hydrogen-bond acceptors (Lipinski definition) is 6. The number of aromatic nitrogens is 2. The molecular formula is C12H14BrN3O4S. The van der Waals surface area contributed by atoms with Crippen molar-refractivity contribution in [1.29, 1.82) is 0 Å². The predicted molar refractivity (Wildman–Crippen MR) is 78.5 cm³/mol. The molecule has 0 aliphatic carbocycles. The number of benzene rings is 1. The highest BCUT2D eigenvalue weighted by Crippen LogP contribution is 2.28. The molecule has 2 rings (SSSR count). The van der Waals surface area contributed by atoms with Crippen LogP contribution in [0.5, 0.6) is 5.75 Å². The normalized spacial score (nSPS) is 13.1. The molecule has 1 aromatic heterocycles. The molecule has 1 N–H and O–H groups in total. The maximum atomic E-state index is 12.3. The van der Waals surface area contributed by atoms with E-state index in [0.29, 0.717) is 16.0 Å². The van der Waals surface area contributed by atoms with Crippen LogP contribution in [-0.2, 0) is 10.0 Å². The second-order valence-electron chi connectivity index (χ2n) is 4.32. The lowest BCUT2D eigenvalue weighted by atomic mass is 10.3. The summed E-state index contributed by atoms with van der Waals surface area (Å²) < 4.78 is 37.7. The number of aryl methyl sites for hydroxylation is 1. The first-order valence-corrected chi connectivity index (χ1v) is 8.27. The van der Waals surface area contributed by atoms with Crippen LogP contribution in [0.1, 0.15) is 24.7 Å². The zero-order valence-corrected chi connectivity index (χ0v) is 14.0. The summed E-state index contributed by atoms with van der Waals surface area (Å²) in [5, 5.41) is 3.63. The molecule has 7 nitrogen and oxygen atoms in total. The van der Waals surface area contributed by atoms with E-state index in [0.717, 1.165) is 0 Å². The Balaban J connectivity index is 2.24. The summed E-state index contributed by atoms with van der Waals surface area (Å²) >= 11 is 3.26. The van der Waals surface area contributed by atoms with Crippen molar-refractivity contribution in [2.75, 3.05) is 7.11 Å². The largest absolute Gasteiger partial charge is 0.496 e. The van der Waals surface area contributed by atoms with E-state index in [1.165, 1.54) is 19.2 Å². The smallest absolute Gasteiger partial charge is 0.244 e. The number of methoxy groups -OCH3 is 1. The van der Waals surface area contributed by atoms with Crippen LogP contribution >= 0.6 is 15.9 Å². The summed E-state index contributed by atoms with van der Waals surface area (Å²) in [4.78, 5) is 4.11. The third kappa shape index (κ3) is 3.60. The third-order valence-electron chi connectivity index (χ3n) is 2.68. The number of sulfonamides is 1. The van der Waals surface area contributed by atoms with E-state index in [-0.39, 0.29) is 10.8 Å². The van der Waals surface area contributed by atoms with Gasteiger partial charge in [0.15, 0.2) is 5.82 Å². The number of ether oxygens (including phenoxy) is 1. The SMILES string of the molecule is COc1ccc(S(=O)(=O)N[C@H](C)c2nc(C)no2)cc1Br. The molecule has 1 heterocycles. The van der Waals surface area contributed by atoms with E-state index in [1.807, 2.05) is 0 Å². The Labute approximate surface area is 130 Å². The Morgan fingerprint density at radius 2 is 2.14 bits per heavy atom. The fourth-order valence-corrected chi connectivity index (χ4v) is 3.57. The molecule has 1 atom stereocenters. The predicted octanol–water partition coefficient (Wildman–Crippen LogP) is 2.19. The molecule has 0 radical (unpaired) electrons. The number of nitrogens with zero attached hydrogens (tertiary/aromatic N) is 2. The molecule has 0 bridgehead atoms. The van der Waals surface area contributed by atoms with E-state index in [2.05, 4.69) is 30.8 Å². The van der Waals surface area contributed by atoms with E-state index in [9.17, 15) is 8.42 Å². The van der Waals surface area contributed by atoms with Gasteiger partial charge in [-0.3, -0.25) is 0 Å².